The number of pyridine rings is 1. The van der Waals surface area contributed by atoms with E-state index in [9.17, 15) is 4.79 Å². The molecule has 2 aromatic rings. The topological polar surface area (TPSA) is 106 Å². The van der Waals surface area contributed by atoms with E-state index >= 15 is 0 Å². The minimum atomic E-state index is -0.591. The van der Waals surface area contributed by atoms with Crippen molar-refractivity contribution in [2.24, 2.45) is 10.7 Å². The highest BCUT2D eigenvalue weighted by molar-refractivity contribution is 14.0. The zero-order valence-electron chi connectivity index (χ0n) is 13.8. The number of halogens is 2. The zero-order valence-corrected chi connectivity index (χ0v) is 16.9. The molecule has 0 unspecified atom stereocenters. The molecule has 0 bridgehead atoms. The first-order valence-electron chi connectivity index (χ1n) is 7.59. The number of nitrogens with two attached hydrogens (primary N) is 1. The molecule has 9 heteroatoms. The van der Waals surface area contributed by atoms with Crippen LogP contribution in [-0.4, -0.2) is 29.9 Å². The number of primary amides is 1. The van der Waals surface area contributed by atoms with Gasteiger partial charge in [0.25, 0.3) is 5.91 Å². The van der Waals surface area contributed by atoms with Gasteiger partial charge in [-0.2, -0.15) is 0 Å². The highest BCUT2D eigenvalue weighted by Gasteiger charge is 2.07. The molecule has 4 N–H and O–H groups in total. The molecular formula is C16H21ClIN5O2. The summed E-state index contributed by atoms with van der Waals surface area (Å²) in [6.45, 7) is 3.72. The molecule has 2 aromatic heterocycles. The van der Waals surface area contributed by atoms with Crippen molar-refractivity contribution >= 4 is 47.4 Å². The third kappa shape index (κ3) is 7.30. The number of carbonyl (C=O) groups excluding carboxylic acids is 1. The van der Waals surface area contributed by atoms with Crippen LogP contribution < -0.4 is 16.4 Å². The van der Waals surface area contributed by atoms with Gasteiger partial charge >= 0.3 is 0 Å². The number of amides is 1. The number of hydrogen-bond acceptors (Lipinski definition) is 4. The van der Waals surface area contributed by atoms with Gasteiger partial charge in [-0.25, -0.2) is 9.98 Å². The number of furan rings is 1. The fraction of sp³-hybridized carbons (Fsp3) is 0.312. The first-order chi connectivity index (χ1) is 11.6. The highest BCUT2D eigenvalue weighted by atomic mass is 127. The maximum Gasteiger partial charge on any atom is 0.284 e. The number of hydrogen-bond donors (Lipinski definition) is 3. The van der Waals surface area contributed by atoms with Crippen LogP contribution >= 0.6 is 35.6 Å². The van der Waals surface area contributed by atoms with Gasteiger partial charge in [-0.1, -0.05) is 17.7 Å². The lowest BCUT2D eigenvalue weighted by Gasteiger charge is -2.10. The Hall–Kier alpha value is -1.81. The monoisotopic (exact) mass is 477 g/mol. The molecule has 136 valence electrons. The van der Waals surface area contributed by atoms with Crippen LogP contribution in [0.25, 0.3) is 0 Å². The Balaban J connectivity index is 0.00000312. The summed E-state index contributed by atoms with van der Waals surface area (Å²) in [5, 5.41) is 6.86. The Labute approximate surface area is 168 Å². The summed E-state index contributed by atoms with van der Waals surface area (Å²) in [4.78, 5) is 19.5. The van der Waals surface area contributed by atoms with Gasteiger partial charge in [0.15, 0.2) is 11.7 Å². The Kier molecular flexibility index (Phi) is 9.28. The quantitative estimate of drug-likeness (QED) is 0.246. The zero-order chi connectivity index (χ0) is 17.4. The van der Waals surface area contributed by atoms with Gasteiger partial charge in [0, 0.05) is 19.3 Å². The van der Waals surface area contributed by atoms with Gasteiger partial charge in [-0.05, 0) is 37.1 Å². The van der Waals surface area contributed by atoms with E-state index in [0.29, 0.717) is 30.0 Å². The van der Waals surface area contributed by atoms with Gasteiger partial charge in [0.2, 0.25) is 0 Å². The summed E-state index contributed by atoms with van der Waals surface area (Å²) in [5.74, 6) is 0.777. The molecule has 0 atom stereocenters. The van der Waals surface area contributed by atoms with Gasteiger partial charge in [0.1, 0.15) is 17.5 Å². The van der Waals surface area contributed by atoms with Gasteiger partial charge in [-0.3, -0.25) is 4.79 Å². The minimum absolute atomic E-state index is 0. The molecule has 0 aromatic carbocycles. The van der Waals surface area contributed by atoms with Crippen molar-refractivity contribution in [3.63, 3.8) is 0 Å². The van der Waals surface area contributed by atoms with E-state index in [1.807, 2.05) is 13.0 Å². The molecule has 0 aliphatic carbocycles. The van der Waals surface area contributed by atoms with Gasteiger partial charge in [0.05, 0.1) is 0 Å². The van der Waals surface area contributed by atoms with Crippen LogP contribution in [-0.2, 0) is 13.0 Å². The molecule has 0 fully saturated rings. The first kappa shape index (κ1) is 21.2. The lowest BCUT2D eigenvalue weighted by Crippen LogP contribution is -2.38. The lowest BCUT2D eigenvalue weighted by atomic mass is 10.2. The van der Waals surface area contributed by atoms with Crippen molar-refractivity contribution in [1.82, 2.24) is 15.6 Å². The normalized spacial score (nSPS) is 10.9. The lowest BCUT2D eigenvalue weighted by molar-refractivity contribution is 0.0972. The van der Waals surface area contributed by atoms with E-state index in [2.05, 4.69) is 20.6 Å². The summed E-state index contributed by atoms with van der Waals surface area (Å²) < 4.78 is 5.30. The van der Waals surface area contributed by atoms with Crippen LogP contribution in [0.3, 0.4) is 0 Å². The molecule has 0 saturated heterocycles. The predicted molar refractivity (Wildman–Crippen MR) is 108 cm³/mol. The number of carbonyl (C=O) groups is 1. The van der Waals surface area contributed by atoms with Crippen molar-refractivity contribution in [3.05, 3.63) is 52.7 Å². The van der Waals surface area contributed by atoms with Crippen LogP contribution in [0.5, 0.6) is 0 Å². The molecule has 0 aliphatic heterocycles. The van der Waals surface area contributed by atoms with Crippen LogP contribution in [0.1, 0.15) is 28.8 Å². The van der Waals surface area contributed by atoms with Crippen LogP contribution in [0.4, 0.5) is 0 Å². The largest absolute Gasteiger partial charge is 0.454 e. The summed E-state index contributed by atoms with van der Waals surface area (Å²) in [6, 6.07) is 6.94. The molecule has 25 heavy (non-hydrogen) atoms. The summed E-state index contributed by atoms with van der Waals surface area (Å²) in [6.07, 6.45) is 2.55. The van der Waals surface area contributed by atoms with Crippen molar-refractivity contribution in [3.8, 4) is 0 Å². The standard InChI is InChI=1S/C16H20ClN5O2.HI/c1-2-19-16(20-8-7-11-3-6-14(17)21-9-11)22-10-12-4-5-13(24-12)15(18)23;/h3-6,9H,2,7-8,10H2,1H3,(H2,18,23)(H2,19,20,22);1H. The Morgan fingerprint density at radius 2 is 2.12 bits per heavy atom. The molecule has 0 aliphatic rings. The number of guanidine groups is 1. The van der Waals surface area contributed by atoms with Crippen molar-refractivity contribution in [2.45, 2.75) is 19.9 Å². The Morgan fingerprint density at radius 1 is 1.32 bits per heavy atom. The average molecular weight is 478 g/mol. The van der Waals surface area contributed by atoms with Crippen LogP contribution in [0.15, 0.2) is 39.9 Å². The molecule has 7 nitrogen and oxygen atoms in total. The number of nitrogens with zero attached hydrogens (tertiary/aromatic N) is 2. The van der Waals surface area contributed by atoms with E-state index in [-0.39, 0.29) is 29.7 Å². The van der Waals surface area contributed by atoms with E-state index in [0.717, 1.165) is 18.5 Å². The summed E-state index contributed by atoms with van der Waals surface area (Å²) >= 11 is 5.76. The Morgan fingerprint density at radius 3 is 2.72 bits per heavy atom. The number of rotatable bonds is 7. The second-order valence-corrected chi connectivity index (χ2v) is 5.38. The van der Waals surface area contributed by atoms with Crippen molar-refractivity contribution in [1.29, 1.82) is 0 Å². The van der Waals surface area contributed by atoms with E-state index in [1.54, 1.807) is 24.4 Å². The third-order valence-corrected chi connectivity index (χ3v) is 3.36. The summed E-state index contributed by atoms with van der Waals surface area (Å²) in [7, 11) is 0. The molecule has 2 rings (SSSR count). The van der Waals surface area contributed by atoms with Crippen LogP contribution in [0, 0.1) is 0 Å². The fourth-order valence-electron chi connectivity index (χ4n) is 1.97. The van der Waals surface area contributed by atoms with E-state index in [1.165, 1.54) is 0 Å². The van der Waals surface area contributed by atoms with Gasteiger partial charge < -0.3 is 20.8 Å². The van der Waals surface area contributed by atoms with Crippen LogP contribution in [0.2, 0.25) is 5.15 Å². The first-order valence-corrected chi connectivity index (χ1v) is 7.97. The van der Waals surface area contributed by atoms with E-state index < -0.39 is 5.91 Å². The second-order valence-electron chi connectivity index (χ2n) is 4.99. The molecule has 0 saturated carbocycles. The molecule has 1 amide bonds. The van der Waals surface area contributed by atoms with Crippen molar-refractivity contribution in [2.75, 3.05) is 13.1 Å². The number of nitrogens with one attached hydrogen (secondary N) is 2. The Bertz CT molecular complexity index is 703. The maximum atomic E-state index is 11.0. The third-order valence-electron chi connectivity index (χ3n) is 3.14. The van der Waals surface area contributed by atoms with E-state index in [4.69, 9.17) is 21.8 Å². The summed E-state index contributed by atoms with van der Waals surface area (Å²) in [5.41, 5.74) is 6.24. The smallest absolute Gasteiger partial charge is 0.284 e. The molecular weight excluding hydrogens is 457 g/mol. The maximum absolute atomic E-state index is 11.0. The molecule has 0 spiro atoms. The van der Waals surface area contributed by atoms with Gasteiger partial charge in [-0.15, -0.1) is 24.0 Å². The number of aliphatic imine (C=N–C) groups is 1. The molecule has 0 radical (unpaired) electrons. The highest BCUT2D eigenvalue weighted by Crippen LogP contribution is 2.08. The minimum Gasteiger partial charge on any atom is -0.454 e. The van der Waals surface area contributed by atoms with Crippen molar-refractivity contribution < 1.29 is 9.21 Å². The average Bonchev–Trinajstić information content (AvgIpc) is 3.04. The fourth-order valence-corrected chi connectivity index (χ4v) is 2.09. The second kappa shape index (κ2) is 10.9. The molecule has 2 heterocycles. The number of aromatic nitrogens is 1. The SMILES string of the molecule is CCNC(=NCc1ccc(C(N)=O)o1)NCCc1ccc(Cl)nc1.I. The predicted octanol–water partition coefficient (Wildman–Crippen LogP) is 2.34.